The van der Waals surface area contributed by atoms with Crippen LogP contribution in [0.4, 0.5) is 0 Å². The molecular formula is C11H15NOS2. The van der Waals surface area contributed by atoms with Crippen LogP contribution in [0, 0.1) is 5.92 Å². The first-order chi connectivity index (χ1) is 7.25. The zero-order valence-electron chi connectivity index (χ0n) is 8.53. The summed E-state index contributed by atoms with van der Waals surface area (Å²) in [5.41, 5.74) is 0. The van der Waals surface area contributed by atoms with Crippen molar-refractivity contribution in [2.45, 2.75) is 30.6 Å². The molecule has 1 aromatic rings. The Morgan fingerprint density at radius 2 is 2.40 bits per heavy atom. The lowest BCUT2D eigenvalue weighted by Gasteiger charge is -2.24. The van der Waals surface area contributed by atoms with Crippen LogP contribution in [-0.4, -0.2) is 12.5 Å². The second kappa shape index (κ2) is 5.03. The molecule has 0 unspecified atom stereocenters. The lowest BCUT2D eigenvalue weighted by molar-refractivity contribution is 0.0953. The van der Waals surface area contributed by atoms with Crippen LogP contribution in [0.1, 0.15) is 35.4 Å². The van der Waals surface area contributed by atoms with Crippen LogP contribution in [0.5, 0.6) is 0 Å². The molecule has 2 rings (SSSR count). The Bertz CT molecular complexity index is 344. The maximum Gasteiger partial charge on any atom is 0.261 e. The van der Waals surface area contributed by atoms with Crippen molar-refractivity contribution < 1.29 is 4.79 Å². The van der Waals surface area contributed by atoms with E-state index in [1.54, 1.807) is 0 Å². The van der Waals surface area contributed by atoms with E-state index < -0.39 is 0 Å². The molecule has 1 N–H and O–H groups in total. The third-order valence-corrected chi connectivity index (χ3v) is 4.23. The van der Waals surface area contributed by atoms with Gasteiger partial charge in [-0.25, -0.2) is 0 Å². The van der Waals surface area contributed by atoms with Gasteiger partial charge in [-0.1, -0.05) is 19.3 Å². The zero-order valence-corrected chi connectivity index (χ0v) is 10.2. The molecule has 1 saturated carbocycles. The van der Waals surface area contributed by atoms with Gasteiger partial charge in [-0.2, -0.15) is 0 Å². The quantitative estimate of drug-likeness (QED) is 0.780. The van der Waals surface area contributed by atoms with Gasteiger partial charge in [-0.15, -0.1) is 24.0 Å². The summed E-state index contributed by atoms with van der Waals surface area (Å²) < 4.78 is 0. The lowest BCUT2D eigenvalue weighted by Crippen LogP contribution is -2.26. The first-order valence-electron chi connectivity index (χ1n) is 5.31. The van der Waals surface area contributed by atoms with Crippen LogP contribution < -0.4 is 5.32 Å². The van der Waals surface area contributed by atoms with Gasteiger partial charge in [0, 0.05) is 16.8 Å². The highest BCUT2D eigenvalue weighted by Gasteiger charge is 2.17. The van der Waals surface area contributed by atoms with Gasteiger partial charge in [0.15, 0.2) is 0 Å². The van der Waals surface area contributed by atoms with Gasteiger partial charge in [0.25, 0.3) is 5.91 Å². The van der Waals surface area contributed by atoms with Gasteiger partial charge in [-0.05, 0) is 18.4 Å². The van der Waals surface area contributed by atoms with E-state index in [0.717, 1.165) is 28.7 Å². The van der Waals surface area contributed by atoms with E-state index in [9.17, 15) is 4.79 Å². The van der Waals surface area contributed by atoms with E-state index in [4.69, 9.17) is 0 Å². The Morgan fingerprint density at radius 1 is 1.60 bits per heavy atom. The number of thiol groups is 1. The van der Waals surface area contributed by atoms with Crippen LogP contribution in [0.15, 0.2) is 16.3 Å². The fourth-order valence-corrected chi connectivity index (χ4v) is 2.77. The highest BCUT2D eigenvalue weighted by Crippen LogP contribution is 2.28. The van der Waals surface area contributed by atoms with Gasteiger partial charge >= 0.3 is 0 Å². The first-order valence-corrected chi connectivity index (χ1v) is 6.64. The van der Waals surface area contributed by atoms with E-state index in [1.807, 2.05) is 11.4 Å². The zero-order chi connectivity index (χ0) is 10.7. The third-order valence-electron chi connectivity index (χ3n) is 2.87. The Morgan fingerprint density at radius 3 is 2.93 bits per heavy atom. The molecule has 1 aliphatic rings. The number of hydrogen-bond donors (Lipinski definition) is 2. The Hall–Kier alpha value is -0.480. The van der Waals surface area contributed by atoms with Crippen LogP contribution in [0.3, 0.4) is 0 Å². The highest BCUT2D eigenvalue weighted by atomic mass is 32.1. The maximum absolute atomic E-state index is 11.6. The van der Waals surface area contributed by atoms with Gasteiger partial charge < -0.3 is 5.32 Å². The van der Waals surface area contributed by atoms with E-state index >= 15 is 0 Å². The number of hydrogen-bond acceptors (Lipinski definition) is 3. The van der Waals surface area contributed by atoms with E-state index in [-0.39, 0.29) is 5.91 Å². The lowest BCUT2D eigenvalue weighted by atomic mass is 9.83. The highest BCUT2D eigenvalue weighted by molar-refractivity contribution is 7.80. The fourth-order valence-electron chi connectivity index (χ4n) is 1.70. The molecule has 2 nitrogen and oxygen atoms in total. The summed E-state index contributed by atoms with van der Waals surface area (Å²) in [4.78, 5) is 13.2. The van der Waals surface area contributed by atoms with Gasteiger partial charge in [-0.3, -0.25) is 4.79 Å². The normalized spacial score (nSPS) is 16.1. The minimum atomic E-state index is 0.0413. The average molecular weight is 241 g/mol. The summed E-state index contributed by atoms with van der Waals surface area (Å²) in [5.74, 6) is 0.897. The summed E-state index contributed by atoms with van der Waals surface area (Å²) in [6.45, 7) is 0.809. The molecule has 0 bridgehead atoms. The number of nitrogens with one attached hydrogen (secondary N) is 1. The van der Waals surface area contributed by atoms with Crippen molar-refractivity contribution in [3.05, 3.63) is 16.3 Å². The predicted octanol–water partition coefficient (Wildman–Crippen LogP) is 2.96. The molecule has 0 saturated heterocycles. The number of rotatable bonds is 4. The fraction of sp³-hybridized carbons (Fsp3) is 0.545. The SMILES string of the molecule is O=C(NCCC1CCC1)c1cc(S)cs1. The van der Waals surface area contributed by atoms with E-state index in [1.165, 1.54) is 30.6 Å². The molecule has 15 heavy (non-hydrogen) atoms. The summed E-state index contributed by atoms with van der Waals surface area (Å²) in [6, 6.07) is 1.81. The van der Waals surface area contributed by atoms with Crippen molar-refractivity contribution in [2.24, 2.45) is 5.92 Å². The van der Waals surface area contributed by atoms with Gasteiger partial charge in [0.1, 0.15) is 0 Å². The second-order valence-corrected chi connectivity index (χ2v) is 5.44. The smallest absolute Gasteiger partial charge is 0.261 e. The largest absolute Gasteiger partial charge is 0.351 e. The van der Waals surface area contributed by atoms with Crippen molar-refractivity contribution in [3.63, 3.8) is 0 Å². The van der Waals surface area contributed by atoms with Crippen LogP contribution in [-0.2, 0) is 0 Å². The molecule has 4 heteroatoms. The Balaban J connectivity index is 1.72. The third kappa shape index (κ3) is 2.98. The number of carbonyl (C=O) groups is 1. The van der Waals surface area contributed by atoms with Gasteiger partial charge in [0.2, 0.25) is 0 Å². The number of amides is 1. The molecule has 1 amide bonds. The average Bonchev–Trinajstić information content (AvgIpc) is 2.56. The summed E-state index contributed by atoms with van der Waals surface area (Å²) >= 11 is 5.63. The summed E-state index contributed by atoms with van der Waals surface area (Å²) in [7, 11) is 0. The van der Waals surface area contributed by atoms with Crippen LogP contribution in [0.2, 0.25) is 0 Å². The topological polar surface area (TPSA) is 29.1 Å². The molecular weight excluding hydrogens is 226 g/mol. The molecule has 0 radical (unpaired) electrons. The number of thiophene rings is 1. The van der Waals surface area contributed by atoms with Crippen molar-refractivity contribution in [2.75, 3.05) is 6.54 Å². The maximum atomic E-state index is 11.6. The molecule has 1 heterocycles. The minimum Gasteiger partial charge on any atom is -0.351 e. The van der Waals surface area contributed by atoms with Crippen LogP contribution >= 0.6 is 24.0 Å². The Kier molecular flexibility index (Phi) is 3.70. The standard InChI is InChI=1S/C11H15NOS2/c13-11(10-6-9(14)7-15-10)12-5-4-8-2-1-3-8/h6-8,14H,1-5H2,(H,12,13). The second-order valence-electron chi connectivity index (χ2n) is 4.01. The molecule has 82 valence electrons. The van der Waals surface area contributed by atoms with E-state index in [0.29, 0.717) is 0 Å². The molecule has 0 spiro atoms. The predicted molar refractivity (Wildman–Crippen MR) is 65.9 cm³/mol. The number of carbonyl (C=O) groups excluding carboxylic acids is 1. The molecule has 1 fully saturated rings. The first kappa shape index (κ1) is 11.0. The monoisotopic (exact) mass is 241 g/mol. The van der Waals surface area contributed by atoms with Crippen molar-refractivity contribution >= 4 is 29.9 Å². The van der Waals surface area contributed by atoms with Crippen molar-refractivity contribution in [1.82, 2.24) is 5.32 Å². The minimum absolute atomic E-state index is 0.0413. The van der Waals surface area contributed by atoms with E-state index in [2.05, 4.69) is 17.9 Å². The Labute approximate surface area is 99.5 Å². The molecule has 1 aliphatic carbocycles. The molecule has 0 aliphatic heterocycles. The van der Waals surface area contributed by atoms with Crippen LogP contribution in [0.25, 0.3) is 0 Å². The van der Waals surface area contributed by atoms with Gasteiger partial charge in [0.05, 0.1) is 4.88 Å². The molecule has 0 aromatic carbocycles. The summed E-state index contributed by atoms with van der Waals surface area (Å²) in [5, 5.41) is 4.83. The van der Waals surface area contributed by atoms with Crippen molar-refractivity contribution in [1.29, 1.82) is 0 Å². The molecule has 0 atom stereocenters. The molecule has 1 aromatic heterocycles. The van der Waals surface area contributed by atoms with Crippen molar-refractivity contribution in [3.8, 4) is 0 Å². The summed E-state index contributed by atoms with van der Waals surface area (Å²) in [6.07, 6.45) is 5.18.